The standard InChI is InChI=1S/C16H22N2/c1-2-6-13(7-3-1)12-18-15-10-4-8-14-9-5-11-17-16(14)15/h1-2,5,9,11,13,15,18H,3-4,6-8,10,12H2. The zero-order valence-corrected chi connectivity index (χ0v) is 10.9. The maximum absolute atomic E-state index is 4.59. The topological polar surface area (TPSA) is 24.9 Å². The second-order valence-electron chi connectivity index (χ2n) is 5.55. The zero-order chi connectivity index (χ0) is 12.2. The van der Waals surface area contributed by atoms with Crippen LogP contribution in [0.3, 0.4) is 0 Å². The fourth-order valence-electron chi connectivity index (χ4n) is 3.16. The summed E-state index contributed by atoms with van der Waals surface area (Å²) in [6.45, 7) is 1.14. The summed E-state index contributed by atoms with van der Waals surface area (Å²) in [5, 5.41) is 3.75. The number of pyridine rings is 1. The number of fused-ring (bicyclic) bond motifs is 1. The van der Waals surface area contributed by atoms with Gasteiger partial charge in [-0.3, -0.25) is 4.98 Å². The Morgan fingerprint density at radius 1 is 1.28 bits per heavy atom. The van der Waals surface area contributed by atoms with E-state index in [1.54, 1.807) is 0 Å². The van der Waals surface area contributed by atoms with Gasteiger partial charge in [-0.15, -0.1) is 0 Å². The van der Waals surface area contributed by atoms with Crippen LogP contribution in [0.25, 0.3) is 0 Å². The van der Waals surface area contributed by atoms with Crippen LogP contribution in [0, 0.1) is 5.92 Å². The van der Waals surface area contributed by atoms with Crippen LogP contribution in [0.1, 0.15) is 49.4 Å². The Labute approximate surface area is 110 Å². The van der Waals surface area contributed by atoms with Crippen molar-refractivity contribution in [2.24, 2.45) is 5.92 Å². The lowest BCUT2D eigenvalue weighted by Crippen LogP contribution is -2.30. The lowest BCUT2D eigenvalue weighted by Gasteiger charge is -2.27. The maximum Gasteiger partial charge on any atom is 0.0605 e. The molecule has 0 saturated carbocycles. The van der Waals surface area contributed by atoms with Gasteiger partial charge in [0.1, 0.15) is 0 Å². The van der Waals surface area contributed by atoms with Gasteiger partial charge >= 0.3 is 0 Å². The highest BCUT2D eigenvalue weighted by Gasteiger charge is 2.21. The molecular weight excluding hydrogens is 220 g/mol. The third kappa shape index (κ3) is 2.64. The Balaban J connectivity index is 1.62. The van der Waals surface area contributed by atoms with Crippen molar-refractivity contribution in [3.63, 3.8) is 0 Å². The Hall–Kier alpha value is -1.15. The van der Waals surface area contributed by atoms with Gasteiger partial charge < -0.3 is 5.32 Å². The highest BCUT2D eigenvalue weighted by molar-refractivity contribution is 5.25. The minimum atomic E-state index is 0.487. The molecule has 0 saturated heterocycles. The summed E-state index contributed by atoms with van der Waals surface area (Å²) < 4.78 is 0. The average molecular weight is 242 g/mol. The Bertz CT molecular complexity index is 425. The number of nitrogens with one attached hydrogen (secondary N) is 1. The molecule has 0 aromatic carbocycles. The quantitative estimate of drug-likeness (QED) is 0.822. The first kappa shape index (κ1) is 11.9. The molecule has 1 aromatic rings. The predicted octanol–water partition coefficient (Wildman–Crippen LogP) is 3.40. The zero-order valence-electron chi connectivity index (χ0n) is 10.9. The lowest BCUT2D eigenvalue weighted by atomic mass is 9.90. The third-order valence-electron chi connectivity index (χ3n) is 4.23. The van der Waals surface area contributed by atoms with Crippen LogP contribution >= 0.6 is 0 Å². The smallest absolute Gasteiger partial charge is 0.0605 e. The molecule has 0 amide bonds. The fourth-order valence-corrected chi connectivity index (χ4v) is 3.16. The van der Waals surface area contributed by atoms with E-state index in [1.807, 2.05) is 6.20 Å². The molecule has 3 rings (SSSR count). The molecule has 96 valence electrons. The molecule has 0 bridgehead atoms. The molecule has 18 heavy (non-hydrogen) atoms. The van der Waals surface area contributed by atoms with E-state index >= 15 is 0 Å². The molecule has 2 heteroatoms. The van der Waals surface area contributed by atoms with Crippen molar-refractivity contribution < 1.29 is 0 Å². The molecule has 2 aliphatic rings. The van der Waals surface area contributed by atoms with Crippen molar-refractivity contribution in [3.05, 3.63) is 41.7 Å². The van der Waals surface area contributed by atoms with Crippen LogP contribution in [0.15, 0.2) is 30.5 Å². The summed E-state index contributed by atoms with van der Waals surface area (Å²) in [4.78, 5) is 4.59. The summed E-state index contributed by atoms with van der Waals surface area (Å²) in [5.74, 6) is 0.823. The number of rotatable bonds is 3. The van der Waals surface area contributed by atoms with Crippen LogP contribution in [-0.4, -0.2) is 11.5 Å². The summed E-state index contributed by atoms with van der Waals surface area (Å²) in [7, 11) is 0. The first-order valence-electron chi connectivity index (χ1n) is 7.25. The Morgan fingerprint density at radius 2 is 2.28 bits per heavy atom. The van der Waals surface area contributed by atoms with Crippen molar-refractivity contribution in [1.82, 2.24) is 10.3 Å². The molecule has 2 nitrogen and oxygen atoms in total. The third-order valence-corrected chi connectivity index (χ3v) is 4.23. The summed E-state index contributed by atoms with van der Waals surface area (Å²) in [5.41, 5.74) is 2.75. The second kappa shape index (κ2) is 5.66. The average Bonchev–Trinajstić information content (AvgIpc) is 2.46. The van der Waals surface area contributed by atoms with Gasteiger partial charge in [-0.2, -0.15) is 0 Å². The summed E-state index contributed by atoms with van der Waals surface area (Å²) in [6, 6.07) is 4.79. The minimum Gasteiger partial charge on any atom is -0.308 e. The van der Waals surface area contributed by atoms with Gasteiger partial charge in [0, 0.05) is 12.2 Å². The van der Waals surface area contributed by atoms with Gasteiger partial charge in [0.15, 0.2) is 0 Å². The van der Waals surface area contributed by atoms with E-state index < -0.39 is 0 Å². The van der Waals surface area contributed by atoms with E-state index in [-0.39, 0.29) is 0 Å². The number of nitrogens with zero attached hydrogens (tertiary/aromatic N) is 1. The van der Waals surface area contributed by atoms with Crippen LogP contribution in [-0.2, 0) is 6.42 Å². The van der Waals surface area contributed by atoms with Crippen LogP contribution < -0.4 is 5.32 Å². The number of hydrogen-bond donors (Lipinski definition) is 1. The molecule has 0 aliphatic heterocycles. The van der Waals surface area contributed by atoms with E-state index in [9.17, 15) is 0 Å². The first-order valence-corrected chi connectivity index (χ1v) is 7.25. The molecule has 2 unspecified atom stereocenters. The molecule has 0 fully saturated rings. The SMILES string of the molecule is C1=CCC(CNC2CCCc3cccnc32)CC1. The molecule has 1 heterocycles. The number of aromatic nitrogens is 1. The van der Waals surface area contributed by atoms with E-state index in [2.05, 4.69) is 34.6 Å². The first-order chi connectivity index (χ1) is 8.93. The van der Waals surface area contributed by atoms with Crippen LogP contribution in [0.5, 0.6) is 0 Å². The normalized spacial score (nSPS) is 26.9. The maximum atomic E-state index is 4.59. The van der Waals surface area contributed by atoms with Gasteiger partial charge in [0.2, 0.25) is 0 Å². The molecule has 1 aromatic heterocycles. The van der Waals surface area contributed by atoms with Crippen molar-refractivity contribution in [1.29, 1.82) is 0 Å². The van der Waals surface area contributed by atoms with E-state index in [0.717, 1.165) is 12.5 Å². The molecular formula is C16H22N2. The van der Waals surface area contributed by atoms with Crippen LogP contribution in [0.4, 0.5) is 0 Å². The summed E-state index contributed by atoms with van der Waals surface area (Å²) >= 11 is 0. The molecule has 2 atom stereocenters. The van der Waals surface area contributed by atoms with Crippen molar-refractivity contribution in [2.75, 3.05) is 6.54 Å². The molecule has 1 N–H and O–H groups in total. The highest BCUT2D eigenvalue weighted by Crippen LogP contribution is 2.28. The Kier molecular flexibility index (Phi) is 3.75. The van der Waals surface area contributed by atoms with Crippen molar-refractivity contribution >= 4 is 0 Å². The second-order valence-corrected chi connectivity index (χ2v) is 5.55. The van der Waals surface area contributed by atoms with Crippen LogP contribution in [0.2, 0.25) is 0 Å². The van der Waals surface area contributed by atoms with Gasteiger partial charge in [0.25, 0.3) is 0 Å². The molecule has 0 spiro atoms. The monoisotopic (exact) mass is 242 g/mol. The van der Waals surface area contributed by atoms with Gasteiger partial charge in [-0.25, -0.2) is 0 Å². The number of aryl methyl sites for hydroxylation is 1. The van der Waals surface area contributed by atoms with E-state index in [1.165, 1.54) is 49.8 Å². The van der Waals surface area contributed by atoms with Gasteiger partial charge in [-0.1, -0.05) is 18.2 Å². The number of hydrogen-bond acceptors (Lipinski definition) is 2. The van der Waals surface area contributed by atoms with E-state index in [0.29, 0.717) is 6.04 Å². The largest absolute Gasteiger partial charge is 0.308 e. The highest BCUT2D eigenvalue weighted by atomic mass is 14.9. The minimum absolute atomic E-state index is 0.487. The Morgan fingerprint density at radius 3 is 3.17 bits per heavy atom. The van der Waals surface area contributed by atoms with Gasteiger partial charge in [0.05, 0.1) is 5.69 Å². The van der Waals surface area contributed by atoms with Crippen molar-refractivity contribution in [3.8, 4) is 0 Å². The fraction of sp³-hybridized carbons (Fsp3) is 0.562. The number of allylic oxidation sites excluding steroid dienone is 2. The van der Waals surface area contributed by atoms with Crippen molar-refractivity contribution in [2.45, 2.75) is 44.6 Å². The molecule has 2 aliphatic carbocycles. The van der Waals surface area contributed by atoms with E-state index in [4.69, 9.17) is 0 Å². The lowest BCUT2D eigenvalue weighted by molar-refractivity contribution is 0.377. The van der Waals surface area contributed by atoms with Gasteiger partial charge in [-0.05, 0) is 62.6 Å². The predicted molar refractivity (Wildman–Crippen MR) is 74.4 cm³/mol. The molecule has 0 radical (unpaired) electrons. The summed E-state index contributed by atoms with van der Waals surface area (Å²) in [6.07, 6.45) is 14.2.